The summed E-state index contributed by atoms with van der Waals surface area (Å²) in [7, 11) is 0. The van der Waals surface area contributed by atoms with E-state index in [-0.39, 0.29) is 28.8 Å². The number of carbonyl (C=O) groups is 2. The van der Waals surface area contributed by atoms with Gasteiger partial charge in [0, 0.05) is 35.8 Å². The molecule has 0 atom stereocenters. The molecule has 5 rings (SSSR count). The number of halogens is 2. The molecular formula is C24H24ClFN4O2. The van der Waals surface area contributed by atoms with Gasteiger partial charge in [0.2, 0.25) is 0 Å². The molecular weight excluding hydrogens is 431 g/mol. The van der Waals surface area contributed by atoms with Crippen LogP contribution >= 0.6 is 11.6 Å². The SMILES string of the molecule is Cc1nn2ccccc2c1C(=O)NC1CCC2(CC1)CN(C(=O)c1cc(Cl)ccc1F)C2. The minimum absolute atomic E-state index is 0.0251. The summed E-state index contributed by atoms with van der Waals surface area (Å²) in [5.74, 6) is -0.948. The molecule has 2 amide bonds. The number of nitrogens with one attached hydrogen (secondary N) is 1. The number of pyridine rings is 1. The largest absolute Gasteiger partial charge is 0.349 e. The molecule has 1 spiro atoms. The van der Waals surface area contributed by atoms with Gasteiger partial charge in [0.25, 0.3) is 11.8 Å². The molecule has 2 aliphatic rings. The topological polar surface area (TPSA) is 66.7 Å². The summed E-state index contributed by atoms with van der Waals surface area (Å²) in [5, 5.41) is 7.94. The maximum Gasteiger partial charge on any atom is 0.256 e. The first-order valence-electron chi connectivity index (χ1n) is 10.8. The van der Waals surface area contributed by atoms with Gasteiger partial charge in [-0.05, 0) is 62.9 Å². The average Bonchev–Trinajstić information content (AvgIpc) is 3.09. The fourth-order valence-electron chi connectivity index (χ4n) is 5.08. The van der Waals surface area contributed by atoms with Crippen LogP contribution in [-0.4, -0.2) is 45.5 Å². The van der Waals surface area contributed by atoms with Gasteiger partial charge in [0.1, 0.15) is 5.82 Å². The van der Waals surface area contributed by atoms with Gasteiger partial charge >= 0.3 is 0 Å². The van der Waals surface area contributed by atoms with E-state index in [0.717, 1.165) is 31.2 Å². The zero-order valence-corrected chi connectivity index (χ0v) is 18.5. The average molecular weight is 455 g/mol. The molecule has 8 heteroatoms. The number of aromatic nitrogens is 2. The molecule has 3 aromatic rings. The van der Waals surface area contributed by atoms with Gasteiger partial charge < -0.3 is 10.2 Å². The van der Waals surface area contributed by atoms with Gasteiger partial charge in [-0.2, -0.15) is 5.10 Å². The highest BCUT2D eigenvalue weighted by molar-refractivity contribution is 6.31. The smallest absolute Gasteiger partial charge is 0.256 e. The quantitative estimate of drug-likeness (QED) is 0.643. The number of amides is 2. The highest BCUT2D eigenvalue weighted by Gasteiger charge is 2.47. The molecule has 1 aliphatic heterocycles. The van der Waals surface area contributed by atoms with Crippen molar-refractivity contribution < 1.29 is 14.0 Å². The maximum atomic E-state index is 14.0. The van der Waals surface area contributed by atoms with E-state index in [4.69, 9.17) is 11.6 Å². The zero-order chi connectivity index (χ0) is 22.5. The molecule has 1 N–H and O–H groups in total. The minimum Gasteiger partial charge on any atom is -0.349 e. The van der Waals surface area contributed by atoms with Crippen molar-refractivity contribution in [3.8, 4) is 0 Å². The number of benzene rings is 1. The molecule has 0 bridgehead atoms. The monoisotopic (exact) mass is 454 g/mol. The third-order valence-corrected chi connectivity index (χ3v) is 7.06. The second kappa shape index (κ2) is 7.89. The first-order chi connectivity index (χ1) is 15.3. The van der Waals surface area contributed by atoms with Gasteiger partial charge in [-0.3, -0.25) is 9.59 Å². The van der Waals surface area contributed by atoms with E-state index < -0.39 is 5.82 Å². The summed E-state index contributed by atoms with van der Waals surface area (Å²) in [6.07, 6.45) is 5.40. The fourth-order valence-corrected chi connectivity index (χ4v) is 5.26. The molecule has 1 saturated heterocycles. The number of rotatable bonds is 3. The summed E-state index contributed by atoms with van der Waals surface area (Å²) in [6.45, 7) is 3.08. The number of likely N-dealkylation sites (tertiary alicyclic amines) is 1. The molecule has 2 aromatic heterocycles. The van der Waals surface area contributed by atoms with E-state index >= 15 is 0 Å². The minimum atomic E-state index is -0.547. The standard InChI is InChI=1S/C24H24ClFN4O2/c1-15-21(20-4-2-3-11-30(20)28-15)22(31)27-17-7-9-24(10-8-17)13-29(14-24)23(32)18-12-16(25)5-6-19(18)26/h2-6,11-12,17H,7-10,13-14H2,1H3,(H,27,31). The summed E-state index contributed by atoms with van der Waals surface area (Å²) in [5.41, 5.74) is 2.22. The van der Waals surface area contributed by atoms with Crippen molar-refractivity contribution in [2.45, 2.75) is 38.6 Å². The van der Waals surface area contributed by atoms with Gasteiger partial charge in [-0.25, -0.2) is 8.91 Å². The number of fused-ring (bicyclic) bond motifs is 1. The number of nitrogens with zero attached hydrogens (tertiary/aromatic N) is 3. The molecule has 166 valence electrons. The lowest BCUT2D eigenvalue weighted by atomic mass is 9.67. The van der Waals surface area contributed by atoms with Gasteiger partial charge in [0.05, 0.1) is 22.3 Å². The van der Waals surface area contributed by atoms with Crippen LogP contribution in [0.15, 0.2) is 42.6 Å². The van der Waals surface area contributed by atoms with Crippen molar-refractivity contribution in [1.29, 1.82) is 0 Å². The Bertz CT molecular complexity index is 1210. The molecule has 0 radical (unpaired) electrons. The summed E-state index contributed by atoms with van der Waals surface area (Å²) >= 11 is 5.93. The van der Waals surface area contributed by atoms with Crippen molar-refractivity contribution in [1.82, 2.24) is 19.8 Å². The molecule has 2 fully saturated rings. The Morgan fingerprint density at radius 3 is 2.69 bits per heavy atom. The summed E-state index contributed by atoms with van der Waals surface area (Å²) in [4.78, 5) is 27.3. The fraction of sp³-hybridized carbons (Fsp3) is 0.375. The second-order valence-electron chi connectivity index (χ2n) is 9.02. The summed E-state index contributed by atoms with van der Waals surface area (Å²) in [6, 6.07) is 9.83. The third-order valence-electron chi connectivity index (χ3n) is 6.82. The van der Waals surface area contributed by atoms with Crippen LogP contribution in [0.5, 0.6) is 0 Å². The van der Waals surface area contributed by atoms with Crippen LogP contribution in [-0.2, 0) is 0 Å². The van der Waals surface area contributed by atoms with E-state index in [0.29, 0.717) is 29.4 Å². The highest BCUT2D eigenvalue weighted by Crippen LogP contribution is 2.44. The van der Waals surface area contributed by atoms with Crippen LogP contribution in [0.4, 0.5) is 4.39 Å². The van der Waals surface area contributed by atoms with E-state index in [1.54, 1.807) is 9.42 Å². The van der Waals surface area contributed by atoms with Crippen LogP contribution in [0, 0.1) is 18.2 Å². The van der Waals surface area contributed by atoms with Crippen LogP contribution < -0.4 is 5.32 Å². The molecule has 1 aliphatic carbocycles. The van der Waals surface area contributed by atoms with Crippen molar-refractivity contribution in [2.75, 3.05) is 13.1 Å². The lowest BCUT2D eigenvalue weighted by molar-refractivity contribution is -0.0201. The Kier molecular flexibility index (Phi) is 5.16. The van der Waals surface area contributed by atoms with E-state index in [2.05, 4.69) is 10.4 Å². The first kappa shape index (κ1) is 20.9. The Hall–Kier alpha value is -2.93. The lowest BCUT2D eigenvalue weighted by Gasteiger charge is -2.53. The Morgan fingerprint density at radius 1 is 1.19 bits per heavy atom. The van der Waals surface area contributed by atoms with Crippen LogP contribution in [0.2, 0.25) is 5.02 Å². The molecule has 1 aromatic carbocycles. The molecule has 1 saturated carbocycles. The molecule has 32 heavy (non-hydrogen) atoms. The molecule has 3 heterocycles. The van der Waals surface area contributed by atoms with Gasteiger partial charge in [-0.15, -0.1) is 0 Å². The highest BCUT2D eigenvalue weighted by atomic mass is 35.5. The normalized spacial score (nSPS) is 18.0. The predicted octanol–water partition coefficient (Wildman–Crippen LogP) is 4.25. The van der Waals surface area contributed by atoms with E-state index in [9.17, 15) is 14.0 Å². The molecule has 0 unspecified atom stereocenters. The van der Waals surface area contributed by atoms with Crippen molar-refractivity contribution in [3.63, 3.8) is 0 Å². The summed E-state index contributed by atoms with van der Waals surface area (Å²) < 4.78 is 15.8. The Morgan fingerprint density at radius 2 is 1.94 bits per heavy atom. The van der Waals surface area contributed by atoms with Crippen LogP contribution in [0.1, 0.15) is 52.1 Å². The maximum absolute atomic E-state index is 14.0. The number of carbonyl (C=O) groups excluding carboxylic acids is 2. The van der Waals surface area contributed by atoms with Crippen molar-refractivity contribution >= 4 is 28.9 Å². The Labute approximate surface area is 190 Å². The second-order valence-corrected chi connectivity index (χ2v) is 9.46. The zero-order valence-electron chi connectivity index (χ0n) is 17.8. The Balaban J connectivity index is 1.18. The predicted molar refractivity (Wildman–Crippen MR) is 119 cm³/mol. The van der Waals surface area contributed by atoms with E-state index in [1.165, 1.54) is 18.2 Å². The van der Waals surface area contributed by atoms with Crippen molar-refractivity contribution in [3.05, 3.63) is 70.3 Å². The van der Waals surface area contributed by atoms with Crippen LogP contribution in [0.3, 0.4) is 0 Å². The lowest BCUT2D eigenvalue weighted by Crippen LogP contribution is -2.60. The molecule has 6 nitrogen and oxygen atoms in total. The first-order valence-corrected chi connectivity index (χ1v) is 11.2. The number of hydrogen-bond acceptors (Lipinski definition) is 3. The third kappa shape index (κ3) is 3.64. The van der Waals surface area contributed by atoms with E-state index in [1.807, 2.05) is 31.3 Å². The van der Waals surface area contributed by atoms with Crippen LogP contribution in [0.25, 0.3) is 5.52 Å². The number of aryl methyl sites for hydroxylation is 1. The van der Waals surface area contributed by atoms with Crippen molar-refractivity contribution in [2.24, 2.45) is 5.41 Å². The van der Waals surface area contributed by atoms with Gasteiger partial charge in [-0.1, -0.05) is 17.7 Å². The van der Waals surface area contributed by atoms with Gasteiger partial charge in [0.15, 0.2) is 0 Å². The number of hydrogen-bond donors (Lipinski definition) is 1.